The van der Waals surface area contributed by atoms with E-state index in [9.17, 15) is 14.4 Å². The van der Waals surface area contributed by atoms with Gasteiger partial charge in [0.15, 0.2) is 0 Å². The number of carbonyl (C=O) groups is 3. The van der Waals surface area contributed by atoms with Crippen molar-refractivity contribution in [2.45, 2.75) is 51.6 Å². The van der Waals surface area contributed by atoms with Gasteiger partial charge in [-0.2, -0.15) is 0 Å². The van der Waals surface area contributed by atoms with Crippen LogP contribution in [0.3, 0.4) is 0 Å². The molecule has 1 atom stereocenters. The van der Waals surface area contributed by atoms with Crippen molar-refractivity contribution in [2.24, 2.45) is 0 Å². The lowest BCUT2D eigenvalue weighted by Crippen LogP contribution is -2.40. The Balaban J connectivity index is 1.83. The summed E-state index contributed by atoms with van der Waals surface area (Å²) in [6, 6.07) is 7.12. The lowest BCUT2D eigenvalue weighted by molar-refractivity contribution is -0.130. The Morgan fingerprint density at radius 2 is 1.92 bits per heavy atom. The fourth-order valence-corrected chi connectivity index (χ4v) is 2.94. The van der Waals surface area contributed by atoms with E-state index < -0.39 is 11.6 Å². The first-order chi connectivity index (χ1) is 12.3. The Kier molecular flexibility index (Phi) is 6.23. The zero-order chi connectivity index (χ0) is 19.3. The van der Waals surface area contributed by atoms with Gasteiger partial charge in [0, 0.05) is 13.0 Å². The fraction of sp³-hybridized carbons (Fsp3) is 0.526. The summed E-state index contributed by atoms with van der Waals surface area (Å²) in [5.74, 6) is 0.415. The number of methoxy groups -OCH3 is 1. The van der Waals surface area contributed by atoms with Crippen molar-refractivity contribution in [2.75, 3.05) is 13.7 Å². The minimum absolute atomic E-state index is 0.0796. The highest BCUT2D eigenvalue weighted by Gasteiger charge is 2.43. The van der Waals surface area contributed by atoms with E-state index >= 15 is 0 Å². The predicted octanol–water partition coefficient (Wildman–Crippen LogP) is 2.37. The number of urea groups is 1. The van der Waals surface area contributed by atoms with Crippen LogP contribution in [0.2, 0.25) is 0 Å². The number of nitrogens with one attached hydrogen (secondary N) is 2. The molecule has 0 saturated carbocycles. The molecule has 7 nitrogen and oxygen atoms in total. The molecular formula is C19H27N3O4. The zero-order valence-corrected chi connectivity index (χ0v) is 15.8. The largest absolute Gasteiger partial charge is 0.497 e. The number of imide groups is 1. The first-order valence-corrected chi connectivity index (χ1v) is 8.86. The van der Waals surface area contributed by atoms with Crippen LogP contribution in [0.25, 0.3) is 0 Å². The molecule has 1 aliphatic rings. The Bertz CT molecular complexity index is 670. The van der Waals surface area contributed by atoms with E-state index in [1.807, 2.05) is 31.2 Å². The summed E-state index contributed by atoms with van der Waals surface area (Å²) in [4.78, 5) is 37.3. The quantitative estimate of drug-likeness (QED) is 0.696. The van der Waals surface area contributed by atoms with E-state index in [0.29, 0.717) is 6.42 Å². The zero-order valence-electron chi connectivity index (χ0n) is 15.8. The van der Waals surface area contributed by atoms with Gasteiger partial charge in [-0.25, -0.2) is 4.79 Å². The molecule has 0 aromatic heterocycles. The topological polar surface area (TPSA) is 87.7 Å². The molecule has 1 saturated heterocycles. The number of rotatable bonds is 8. The summed E-state index contributed by atoms with van der Waals surface area (Å²) in [5, 5.41) is 5.63. The van der Waals surface area contributed by atoms with Crippen LogP contribution < -0.4 is 15.4 Å². The van der Waals surface area contributed by atoms with Crippen LogP contribution in [0.4, 0.5) is 4.79 Å². The first kappa shape index (κ1) is 19.8. The summed E-state index contributed by atoms with van der Waals surface area (Å²) in [7, 11) is 1.61. The molecular weight excluding hydrogens is 334 g/mol. The van der Waals surface area contributed by atoms with E-state index in [2.05, 4.69) is 10.6 Å². The van der Waals surface area contributed by atoms with Crippen LogP contribution in [-0.4, -0.2) is 41.9 Å². The summed E-state index contributed by atoms with van der Waals surface area (Å²) in [6.45, 7) is 5.58. The lowest BCUT2D eigenvalue weighted by atomic mass is 10.0. The minimum Gasteiger partial charge on any atom is -0.497 e. The maximum Gasteiger partial charge on any atom is 0.325 e. The number of amides is 4. The summed E-state index contributed by atoms with van der Waals surface area (Å²) in [6.07, 6.45) is 1.45. The highest BCUT2D eigenvalue weighted by atomic mass is 16.5. The average Bonchev–Trinajstić information content (AvgIpc) is 2.81. The molecule has 1 aromatic carbocycles. The molecule has 0 aliphatic carbocycles. The van der Waals surface area contributed by atoms with Crippen LogP contribution in [0, 0.1) is 0 Å². The number of hydrogen-bond donors (Lipinski definition) is 2. The highest BCUT2D eigenvalue weighted by Crippen LogP contribution is 2.21. The molecule has 2 N–H and O–H groups in total. The molecule has 2 rings (SSSR count). The maximum absolute atomic E-state index is 12.2. The number of ether oxygens (including phenoxy) is 1. The summed E-state index contributed by atoms with van der Waals surface area (Å²) >= 11 is 0. The number of carbonyl (C=O) groups excluding carboxylic acids is 3. The van der Waals surface area contributed by atoms with E-state index in [1.54, 1.807) is 21.0 Å². The van der Waals surface area contributed by atoms with E-state index in [1.165, 1.54) is 4.90 Å². The van der Waals surface area contributed by atoms with E-state index in [4.69, 9.17) is 4.74 Å². The van der Waals surface area contributed by atoms with Crippen LogP contribution in [-0.2, 0) is 9.59 Å². The van der Waals surface area contributed by atoms with Crippen LogP contribution in [0.15, 0.2) is 24.3 Å². The Labute approximate surface area is 154 Å². The van der Waals surface area contributed by atoms with Gasteiger partial charge in [-0.05, 0) is 44.4 Å². The fourth-order valence-electron chi connectivity index (χ4n) is 2.94. The molecule has 1 heterocycles. The van der Waals surface area contributed by atoms with Crippen molar-refractivity contribution in [3.63, 3.8) is 0 Å². The van der Waals surface area contributed by atoms with Gasteiger partial charge in [0.2, 0.25) is 5.91 Å². The normalized spacial score (nSPS) is 17.0. The van der Waals surface area contributed by atoms with Gasteiger partial charge in [-0.3, -0.25) is 14.5 Å². The van der Waals surface area contributed by atoms with Crippen LogP contribution in [0.1, 0.15) is 51.6 Å². The van der Waals surface area contributed by atoms with Gasteiger partial charge < -0.3 is 15.4 Å². The maximum atomic E-state index is 12.2. The molecule has 7 heteroatoms. The second kappa shape index (κ2) is 8.21. The summed E-state index contributed by atoms with van der Waals surface area (Å²) in [5.41, 5.74) is 0.138. The third kappa shape index (κ3) is 4.53. The Hall–Kier alpha value is -2.57. The second-order valence-electron chi connectivity index (χ2n) is 6.92. The Morgan fingerprint density at radius 3 is 2.42 bits per heavy atom. The minimum atomic E-state index is -0.874. The monoisotopic (exact) mass is 361 g/mol. The molecule has 142 valence electrons. The number of nitrogens with zero attached hydrogens (tertiary/aromatic N) is 1. The first-order valence-electron chi connectivity index (χ1n) is 8.86. The van der Waals surface area contributed by atoms with Gasteiger partial charge in [0.1, 0.15) is 11.3 Å². The number of benzene rings is 1. The lowest BCUT2D eigenvalue weighted by Gasteiger charge is -2.19. The molecule has 1 unspecified atom stereocenters. The second-order valence-corrected chi connectivity index (χ2v) is 6.92. The third-order valence-electron chi connectivity index (χ3n) is 4.49. The highest BCUT2D eigenvalue weighted by molar-refractivity contribution is 6.06. The predicted molar refractivity (Wildman–Crippen MR) is 97.7 cm³/mol. The van der Waals surface area contributed by atoms with Gasteiger partial charge in [-0.15, -0.1) is 0 Å². The van der Waals surface area contributed by atoms with Crippen molar-refractivity contribution in [1.29, 1.82) is 0 Å². The van der Waals surface area contributed by atoms with Crippen molar-refractivity contribution < 1.29 is 19.1 Å². The van der Waals surface area contributed by atoms with Gasteiger partial charge in [-0.1, -0.05) is 19.1 Å². The molecule has 0 bridgehead atoms. The van der Waals surface area contributed by atoms with Gasteiger partial charge >= 0.3 is 6.03 Å². The van der Waals surface area contributed by atoms with Crippen molar-refractivity contribution in [1.82, 2.24) is 15.5 Å². The Morgan fingerprint density at radius 1 is 1.27 bits per heavy atom. The van der Waals surface area contributed by atoms with Crippen LogP contribution >= 0.6 is 0 Å². The van der Waals surface area contributed by atoms with Gasteiger partial charge in [0.05, 0.1) is 13.2 Å². The van der Waals surface area contributed by atoms with Crippen LogP contribution in [0.5, 0.6) is 5.75 Å². The SMILES string of the molecule is CCC(NC(=O)CCCN1C(=O)NC(C)(C)C1=O)c1ccc(OC)cc1. The van der Waals surface area contributed by atoms with Gasteiger partial charge in [0.25, 0.3) is 5.91 Å². The number of hydrogen-bond acceptors (Lipinski definition) is 4. The molecule has 0 radical (unpaired) electrons. The third-order valence-corrected chi connectivity index (χ3v) is 4.49. The van der Waals surface area contributed by atoms with Crippen molar-refractivity contribution >= 4 is 17.8 Å². The van der Waals surface area contributed by atoms with Crippen molar-refractivity contribution in [3.8, 4) is 5.75 Å². The smallest absolute Gasteiger partial charge is 0.325 e. The summed E-state index contributed by atoms with van der Waals surface area (Å²) < 4.78 is 5.15. The molecule has 26 heavy (non-hydrogen) atoms. The van der Waals surface area contributed by atoms with E-state index in [-0.39, 0.29) is 30.8 Å². The molecule has 4 amide bonds. The molecule has 1 aromatic rings. The molecule has 0 spiro atoms. The standard InChI is InChI=1S/C19H27N3O4/c1-5-15(13-8-10-14(26-4)11-9-13)20-16(23)7-6-12-22-17(24)19(2,3)21-18(22)25/h8-11,15H,5-7,12H2,1-4H3,(H,20,23)(H,21,25). The van der Waals surface area contributed by atoms with Crippen molar-refractivity contribution in [3.05, 3.63) is 29.8 Å². The molecule has 1 fully saturated rings. The molecule has 1 aliphatic heterocycles. The van der Waals surface area contributed by atoms with E-state index in [0.717, 1.165) is 17.7 Å². The average molecular weight is 361 g/mol.